The Morgan fingerprint density at radius 3 is 2.48 bits per heavy atom. The molecule has 8 nitrogen and oxygen atoms in total. The average molecular weight is 384 g/mol. The zero-order valence-corrected chi connectivity index (χ0v) is 14.7. The smallest absolute Gasteiger partial charge is 0.306 e. The summed E-state index contributed by atoms with van der Waals surface area (Å²) in [5.74, 6) is 0.567. The Bertz CT molecular complexity index is 460. The summed E-state index contributed by atoms with van der Waals surface area (Å²) in [6.07, 6.45) is 0.689. The molecule has 1 heterocycles. The lowest BCUT2D eigenvalue weighted by atomic mass is 10.4. The van der Waals surface area contributed by atoms with Gasteiger partial charge in [0.15, 0.2) is 0 Å². The number of nitrogens with two attached hydrogens (primary N) is 1. The summed E-state index contributed by atoms with van der Waals surface area (Å²) in [4.78, 5) is 0. The lowest BCUT2D eigenvalue weighted by molar-refractivity contribution is 0.155. The zero-order valence-electron chi connectivity index (χ0n) is 11.5. The molecule has 0 radical (unpaired) electrons. The van der Waals surface area contributed by atoms with Crippen LogP contribution in [0.2, 0.25) is 0 Å². The fourth-order valence-corrected chi connectivity index (χ4v) is 5.39. The van der Waals surface area contributed by atoms with Crippen molar-refractivity contribution in [2.75, 3.05) is 51.2 Å². The number of alkyl halides is 2. The van der Waals surface area contributed by atoms with Gasteiger partial charge in [0.25, 0.3) is 0 Å². The van der Waals surface area contributed by atoms with Crippen molar-refractivity contribution in [2.24, 2.45) is 5.14 Å². The Morgan fingerprint density at radius 2 is 1.95 bits per heavy atom. The van der Waals surface area contributed by atoms with Crippen LogP contribution >= 0.6 is 30.9 Å². The highest BCUT2D eigenvalue weighted by Crippen LogP contribution is 2.56. The SMILES string of the molecule is NS(=O)(=O)OCCN1CCCOP1(=O)N(CCCl)CCCl. The van der Waals surface area contributed by atoms with E-state index in [9.17, 15) is 13.0 Å². The van der Waals surface area contributed by atoms with Crippen molar-refractivity contribution in [3.05, 3.63) is 0 Å². The van der Waals surface area contributed by atoms with Crippen LogP contribution in [-0.4, -0.2) is 68.9 Å². The maximum absolute atomic E-state index is 13.1. The van der Waals surface area contributed by atoms with E-state index in [4.69, 9.17) is 32.9 Å². The third kappa shape index (κ3) is 6.29. The molecule has 0 aromatic heterocycles. The minimum Gasteiger partial charge on any atom is -0.306 e. The number of halogens is 2. The number of nitrogens with zero attached hydrogens (tertiary/aromatic N) is 2. The van der Waals surface area contributed by atoms with Crippen molar-refractivity contribution in [3.8, 4) is 0 Å². The minimum atomic E-state index is -4.02. The molecule has 1 aliphatic heterocycles. The monoisotopic (exact) mass is 383 g/mol. The molecule has 0 aromatic rings. The molecule has 0 aromatic carbocycles. The topological polar surface area (TPSA) is 102 Å². The van der Waals surface area contributed by atoms with E-state index in [0.29, 0.717) is 32.7 Å². The highest BCUT2D eigenvalue weighted by atomic mass is 35.5. The normalized spacial score (nSPS) is 24.6. The van der Waals surface area contributed by atoms with Crippen LogP contribution in [0.3, 0.4) is 0 Å². The van der Waals surface area contributed by atoms with Crippen LogP contribution in [0, 0.1) is 0 Å². The Labute approximate surface area is 135 Å². The molecule has 12 heteroatoms. The van der Waals surface area contributed by atoms with Crippen LogP contribution in [-0.2, 0) is 23.6 Å². The third-order valence-corrected chi connectivity index (χ3v) is 6.40. The molecule has 126 valence electrons. The van der Waals surface area contributed by atoms with Crippen molar-refractivity contribution in [3.63, 3.8) is 0 Å². The van der Waals surface area contributed by atoms with Crippen LogP contribution in [0.25, 0.3) is 0 Å². The van der Waals surface area contributed by atoms with E-state index in [1.54, 1.807) is 9.34 Å². The molecule has 0 aliphatic carbocycles. The van der Waals surface area contributed by atoms with E-state index in [1.165, 1.54) is 0 Å². The van der Waals surface area contributed by atoms with Crippen molar-refractivity contribution in [1.82, 2.24) is 9.34 Å². The standard InChI is InChI=1S/C9H20Cl2N3O5PS/c10-2-5-14(6-3-11)20(15)13(4-1-8-18-20)7-9-19-21(12,16)17/h1-9H2,(H2,12,16,17). The van der Waals surface area contributed by atoms with Gasteiger partial charge in [-0.15, -0.1) is 23.2 Å². The summed E-state index contributed by atoms with van der Waals surface area (Å²) in [6.45, 7) is 1.52. The Balaban J connectivity index is 2.75. The van der Waals surface area contributed by atoms with Gasteiger partial charge in [0.1, 0.15) is 0 Å². The summed E-state index contributed by atoms with van der Waals surface area (Å²) in [5.41, 5.74) is 0. The Kier molecular flexibility index (Phi) is 8.40. The largest absolute Gasteiger partial charge is 0.346 e. The Morgan fingerprint density at radius 1 is 1.33 bits per heavy atom. The van der Waals surface area contributed by atoms with Crippen LogP contribution in [0.1, 0.15) is 6.42 Å². The van der Waals surface area contributed by atoms with Crippen LogP contribution in [0.4, 0.5) is 0 Å². The van der Waals surface area contributed by atoms with Crippen LogP contribution in [0.5, 0.6) is 0 Å². The molecule has 0 amide bonds. The van der Waals surface area contributed by atoms with E-state index >= 15 is 0 Å². The Hall–Kier alpha value is 0.560. The molecule has 0 bridgehead atoms. The quantitative estimate of drug-likeness (QED) is 0.464. The summed E-state index contributed by atoms with van der Waals surface area (Å²) in [7, 11) is -7.28. The molecular formula is C9H20Cl2N3O5PS. The molecule has 2 N–H and O–H groups in total. The number of rotatable bonds is 9. The van der Waals surface area contributed by atoms with Gasteiger partial charge >= 0.3 is 18.0 Å². The molecule has 1 fully saturated rings. The van der Waals surface area contributed by atoms with Gasteiger partial charge in [-0.25, -0.2) is 14.5 Å². The van der Waals surface area contributed by atoms with Gasteiger partial charge in [0, 0.05) is 37.9 Å². The van der Waals surface area contributed by atoms with Gasteiger partial charge in [0.05, 0.1) is 13.2 Å². The zero-order chi connectivity index (χ0) is 15.9. The van der Waals surface area contributed by atoms with Crippen molar-refractivity contribution in [1.29, 1.82) is 0 Å². The molecule has 0 saturated carbocycles. The van der Waals surface area contributed by atoms with Gasteiger partial charge in [-0.3, -0.25) is 8.75 Å². The molecule has 0 spiro atoms. The second-order valence-electron chi connectivity index (χ2n) is 4.28. The predicted molar refractivity (Wildman–Crippen MR) is 81.8 cm³/mol. The fraction of sp³-hybridized carbons (Fsp3) is 1.00. The molecule has 21 heavy (non-hydrogen) atoms. The van der Waals surface area contributed by atoms with Gasteiger partial charge < -0.3 is 4.52 Å². The minimum absolute atomic E-state index is 0.120. The summed E-state index contributed by atoms with van der Waals surface area (Å²) in [5, 5.41) is 4.76. The molecule has 1 rings (SSSR count). The second kappa shape index (κ2) is 9.00. The highest BCUT2D eigenvalue weighted by Gasteiger charge is 2.40. The second-order valence-corrected chi connectivity index (χ2v) is 8.63. The molecule has 1 aliphatic rings. The summed E-state index contributed by atoms with van der Waals surface area (Å²) < 4.78 is 47.7. The van der Waals surface area contributed by atoms with Crippen molar-refractivity contribution >= 4 is 41.2 Å². The lowest BCUT2D eigenvalue weighted by Gasteiger charge is -2.40. The number of hydrogen-bond acceptors (Lipinski definition) is 5. The fourth-order valence-electron chi connectivity index (χ4n) is 1.96. The summed E-state index contributed by atoms with van der Waals surface area (Å²) >= 11 is 11.4. The molecule has 1 atom stereocenters. The van der Waals surface area contributed by atoms with Crippen molar-refractivity contribution in [2.45, 2.75) is 6.42 Å². The first-order valence-electron chi connectivity index (χ1n) is 6.38. The van der Waals surface area contributed by atoms with Crippen LogP contribution in [0.15, 0.2) is 0 Å². The highest BCUT2D eigenvalue weighted by molar-refractivity contribution is 7.84. The lowest BCUT2D eigenvalue weighted by Crippen LogP contribution is -2.40. The maximum Gasteiger partial charge on any atom is 0.346 e. The van der Waals surface area contributed by atoms with Gasteiger partial charge in [-0.05, 0) is 6.42 Å². The first kappa shape index (κ1) is 19.6. The number of hydrogen-bond donors (Lipinski definition) is 1. The molecular weight excluding hydrogens is 364 g/mol. The van der Waals surface area contributed by atoms with Gasteiger partial charge in [-0.1, -0.05) is 0 Å². The van der Waals surface area contributed by atoms with E-state index < -0.39 is 18.0 Å². The van der Waals surface area contributed by atoms with E-state index in [2.05, 4.69) is 4.18 Å². The van der Waals surface area contributed by atoms with Gasteiger partial charge in [-0.2, -0.15) is 8.42 Å². The summed E-state index contributed by atoms with van der Waals surface area (Å²) in [6, 6.07) is 0. The molecule has 1 unspecified atom stereocenters. The van der Waals surface area contributed by atoms with E-state index in [1.807, 2.05) is 0 Å². The maximum atomic E-state index is 13.1. The first-order valence-corrected chi connectivity index (χ1v) is 10.4. The van der Waals surface area contributed by atoms with E-state index in [-0.39, 0.29) is 24.9 Å². The third-order valence-electron chi connectivity index (χ3n) is 2.82. The average Bonchev–Trinajstić information content (AvgIpc) is 2.39. The van der Waals surface area contributed by atoms with Crippen LogP contribution < -0.4 is 5.14 Å². The van der Waals surface area contributed by atoms with E-state index in [0.717, 1.165) is 0 Å². The first-order chi connectivity index (χ1) is 9.83. The predicted octanol–water partition coefficient (Wildman–Crippen LogP) is 0.816. The van der Waals surface area contributed by atoms with Crippen molar-refractivity contribution < 1.29 is 21.7 Å². The van der Waals surface area contributed by atoms with Gasteiger partial charge in [0.2, 0.25) is 0 Å². The molecule has 1 saturated heterocycles.